The average molecular weight is 393 g/mol. The summed E-state index contributed by atoms with van der Waals surface area (Å²) < 4.78 is 0. The molecule has 2 aromatic rings. The summed E-state index contributed by atoms with van der Waals surface area (Å²) in [7, 11) is 0. The Morgan fingerprint density at radius 2 is 1.73 bits per heavy atom. The minimum absolute atomic E-state index is 0.0830. The molecule has 0 spiro atoms. The summed E-state index contributed by atoms with van der Waals surface area (Å²) in [4.78, 5) is 26.5. The van der Waals surface area contributed by atoms with E-state index in [9.17, 15) is 9.59 Å². The zero-order chi connectivity index (χ0) is 19.1. The zero-order valence-corrected chi connectivity index (χ0v) is 16.3. The first kappa shape index (κ1) is 20.3. The molecule has 0 radical (unpaired) electrons. The van der Waals surface area contributed by atoms with E-state index < -0.39 is 6.04 Å². The third kappa shape index (κ3) is 5.48. The van der Waals surface area contributed by atoms with Crippen LogP contribution in [0.4, 0.5) is 0 Å². The number of nitrogens with zero attached hydrogens (tertiary/aromatic N) is 1. The summed E-state index contributed by atoms with van der Waals surface area (Å²) in [5.41, 5.74) is 1.75. The Hall–Kier alpha value is -2.04. The fourth-order valence-corrected chi connectivity index (χ4v) is 2.87. The topological polar surface area (TPSA) is 49.4 Å². The second kappa shape index (κ2) is 9.60. The molecular formula is C20H22Cl2N2O2. The molecule has 6 heteroatoms. The van der Waals surface area contributed by atoms with Gasteiger partial charge in [-0.15, -0.1) is 0 Å². The molecule has 0 saturated heterocycles. The summed E-state index contributed by atoms with van der Waals surface area (Å²) >= 11 is 12.0. The smallest absolute Gasteiger partial charge is 0.242 e. The summed E-state index contributed by atoms with van der Waals surface area (Å²) in [6, 6.07) is 14.0. The average Bonchev–Trinajstić information content (AvgIpc) is 2.65. The summed E-state index contributed by atoms with van der Waals surface area (Å²) in [5.74, 6) is -0.305. The maximum atomic E-state index is 12.6. The monoisotopic (exact) mass is 392 g/mol. The molecule has 2 amide bonds. The van der Waals surface area contributed by atoms with Crippen LogP contribution in [0.5, 0.6) is 0 Å². The fourth-order valence-electron chi connectivity index (χ4n) is 2.54. The van der Waals surface area contributed by atoms with Gasteiger partial charge in [0.2, 0.25) is 11.8 Å². The van der Waals surface area contributed by atoms with Gasteiger partial charge >= 0.3 is 0 Å². The predicted octanol–water partition coefficient (Wildman–Crippen LogP) is 4.44. The van der Waals surface area contributed by atoms with Gasteiger partial charge in [-0.05, 0) is 36.2 Å². The molecule has 0 unspecified atom stereocenters. The number of carbonyl (C=O) groups is 2. The first-order valence-electron chi connectivity index (χ1n) is 8.47. The number of hydrogen-bond donors (Lipinski definition) is 1. The van der Waals surface area contributed by atoms with Crippen LogP contribution in [0, 0.1) is 0 Å². The number of rotatable bonds is 7. The van der Waals surface area contributed by atoms with Crippen LogP contribution in [-0.2, 0) is 22.7 Å². The molecule has 0 aromatic heterocycles. The van der Waals surface area contributed by atoms with E-state index in [0.29, 0.717) is 29.6 Å². The number of nitrogens with one attached hydrogen (secondary N) is 1. The van der Waals surface area contributed by atoms with E-state index in [2.05, 4.69) is 5.32 Å². The van der Waals surface area contributed by atoms with Gasteiger partial charge < -0.3 is 10.2 Å². The lowest BCUT2D eigenvalue weighted by Gasteiger charge is -2.28. The normalized spacial score (nSPS) is 11.7. The largest absolute Gasteiger partial charge is 0.350 e. The highest BCUT2D eigenvalue weighted by atomic mass is 35.5. The van der Waals surface area contributed by atoms with Crippen molar-refractivity contribution in [2.24, 2.45) is 0 Å². The molecule has 2 aromatic carbocycles. The first-order chi connectivity index (χ1) is 12.4. The van der Waals surface area contributed by atoms with Gasteiger partial charge in [-0.1, -0.05) is 60.5 Å². The SMILES string of the molecule is CCC(=O)N(Cc1ccc(Cl)cc1)[C@@H](C)C(=O)NCc1ccccc1Cl. The maximum Gasteiger partial charge on any atom is 0.242 e. The van der Waals surface area contributed by atoms with Gasteiger partial charge in [0.05, 0.1) is 0 Å². The molecule has 1 N–H and O–H groups in total. The summed E-state index contributed by atoms with van der Waals surface area (Å²) in [6.45, 7) is 4.18. The van der Waals surface area contributed by atoms with Crippen molar-refractivity contribution in [3.05, 3.63) is 69.7 Å². The Balaban J connectivity index is 2.06. The van der Waals surface area contributed by atoms with E-state index in [1.165, 1.54) is 0 Å². The number of amides is 2. The molecule has 2 rings (SSSR count). The van der Waals surface area contributed by atoms with Gasteiger partial charge in [0, 0.05) is 29.6 Å². The van der Waals surface area contributed by atoms with E-state index >= 15 is 0 Å². The van der Waals surface area contributed by atoms with Gasteiger partial charge in [-0.2, -0.15) is 0 Å². The van der Waals surface area contributed by atoms with Crippen molar-refractivity contribution < 1.29 is 9.59 Å². The molecular weight excluding hydrogens is 371 g/mol. The third-order valence-electron chi connectivity index (χ3n) is 4.15. The van der Waals surface area contributed by atoms with Gasteiger partial charge in [-0.3, -0.25) is 9.59 Å². The molecule has 0 fully saturated rings. The van der Waals surface area contributed by atoms with E-state index in [0.717, 1.165) is 11.1 Å². The van der Waals surface area contributed by atoms with Crippen molar-refractivity contribution >= 4 is 35.0 Å². The molecule has 0 aliphatic rings. The van der Waals surface area contributed by atoms with Crippen molar-refractivity contribution in [3.8, 4) is 0 Å². The lowest BCUT2D eigenvalue weighted by molar-refractivity contribution is -0.140. The highest BCUT2D eigenvalue weighted by Crippen LogP contribution is 2.16. The lowest BCUT2D eigenvalue weighted by atomic mass is 10.1. The minimum Gasteiger partial charge on any atom is -0.350 e. The van der Waals surface area contributed by atoms with Crippen LogP contribution in [0.25, 0.3) is 0 Å². The van der Waals surface area contributed by atoms with Crippen LogP contribution >= 0.6 is 23.2 Å². The second-order valence-electron chi connectivity index (χ2n) is 5.99. The Morgan fingerprint density at radius 3 is 2.35 bits per heavy atom. The number of hydrogen-bond acceptors (Lipinski definition) is 2. The number of halogens is 2. The lowest BCUT2D eigenvalue weighted by Crippen LogP contribution is -2.47. The van der Waals surface area contributed by atoms with E-state index in [-0.39, 0.29) is 11.8 Å². The van der Waals surface area contributed by atoms with Crippen molar-refractivity contribution in [2.75, 3.05) is 0 Å². The Bertz CT molecular complexity index is 763. The van der Waals surface area contributed by atoms with Crippen LogP contribution < -0.4 is 5.32 Å². The van der Waals surface area contributed by atoms with Crippen molar-refractivity contribution in [1.82, 2.24) is 10.2 Å². The number of benzene rings is 2. The zero-order valence-electron chi connectivity index (χ0n) is 14.8. The Kier molecular flexibility index (Phi) is 7.49. The molecule has 26 heavy (non-hydrogen) atoms. The fraction of sp³-hybridized carbons (Fsp3) is 0.300. The summed E-state index contributed by atoms with van der Waals surface area (Å²) in [6.07, 6.45) is 0.329. The minimum atomic E-state index is -0.597. The van der Waals surface area contributed by atoms with Crippen LogP contribution in [0.2, 0.25) is 10.0 Å². The van der Waals surface area contributed by atoms with Crippen LogP contribution in [0.15, 0.2) is 48.5 Å². The molecule has 0 heterocycles. The molecule has 1 atom stereocenters. The maximum absolute atomic E-state index is 12.6. The van der Waals surface area contributed by atoms with Gasteiger partial charge in [0.1, 0.15) is 6.04 Å². The van der Waals surface area contributed by atoms with E-state index in [1.54, 1.807) is 36.9 Å². The first-order valence-corrected chi connectivity index (χ1v) is 9.23. The van der Waals surface area contributed by atoms with Crippen LogP contribution in [-0.4, -0.2) is 22.8 Å². The van der Waals surface area contributed by atoms with Crippen molar-refractivity contribution in [2.45, 2.75) is 39.4 Å². The van der Waals surface area contributed by atoms with E-state index in [4.69, 9.17) is 23.2 Å². The summed E-state index contributed by atoms with van der Waals surface area (Å²) in [5, 5.41) is 4.09. The number of carbonyl (C=O) groups excluding carboxylic acids is 2. The molecule has 0 aliphatic carbocycles. The van der Waals surface area contributed by atoms with Gasteiger partial charge in [0.25, 0.3) is 0 Å². The quantitative estimate of drug-likeness (QED) is 0.756. The standard InChI is InChI=1S/C20H22Cl2N2O2/c1-3-19(25)24(13-15-8-10-17(21)11-9-15)14(2)20(26)23-12-16-6-4-5-7-18(16)22/h4-11,14H,3,12-13H2,1-2H3,(H,23,26)/t14-/m0/s1. The molecule has 0 bridgehead atoms. The Morgan fingerprint density at radius 1 is 1.08 bits per heavy atom. The van der Waals surface area contributed by atoms with Gasteiger partial charge in [-0.25, -0.2) is 0 Å². The van der Waals surface area contributed by atoms with Crippen LogP contribution in [0.3, 0.4) is 0 Å². The Labute approximate surface area is 164 Å². The second-order valence-corrected chi connectivity index (χ2v) is 6.83. The van der Waals surface area contributed by atoms with Crippen molar-refractivity contribution in [1.29, 1.82) is 0 Å². The highest BCUT2D eigenvalue weighted by Gasteiger charge is 2.25. The third-order valence-corrected chi connectivity index (χ3v) is 4.77. The van der Waals surface area contributed by atoms with Crippen molar-refractivity contribution in [3.63, 3.8) is 0 Å². The van der Waals surface area contributed by atoms with E-state index in [1.807, 2.05) is 30.3 Å². The van der Waals surface area contributed by atoms with Gasteiger partial charge in [0.15, 0.2) is 0 Å². The predicted molar refractivity (Wildman–Crippen MR) is 105 cm³/mol. The molecule has 0 aliphatic heterocycles. The molecule has 0 saturated carbocycles. The molecule has 4 nitrogen and oxygen atoms in total. The van der Waals surface area contributed by atoms with Crippen LogP contribution in [0.1, 0.15) is 31.4 Å². The molecule has 138 valence electrons. The highest BCUT2D eigenvalue weighted by molar-refractivity contribution is 6.31.